The Balaban J connectivity index is 2.23. The van der Waals surface area contributed by atoms with Gasteiger partial charge in [-0.2, -0.15) is 0 Å². The Labute approximate surface area is 175 Å². The van der Waals surface area contributed by atoms with Crippen LogP contribution in [0.1, 0.15) is 20.8 Å². The first-order valence-electron chi connectivity index (χ1n) is 9.83. The van der Waals surface area contributed by atoms with Gasteiger partial charge >= 0.3 is 0 Å². The van der Waals surface area contributed by atoms with Gasteiger partial charge in [0.05, 0.1) is 34.0 Å². The first kappa shape index (κ1) is 21.4. The van der Waals surface area contributed by atoms with Crippen molar-refractivity contribution in [1.29, 1.82) is 0 Å². The monoisotopic (exact) mass is 414 g/mol. The van der Waals surface area contributed by atoms with E-state index in [1.807, 2.05) is 26.8 Å². The molecule has 0 atom stereocenters. The highest BCUT2D eigenvalue weighted by molar-refractivity contribution is 5.90. The van der Waals surface area contributed by atoms with Crippen LogP contribution in [0.5, 0.6) is 28.7 Å². The van der Waals surface area contributed by atoms with E-state index in [4.69, 9.17) is 28.1 Å². The molecule has 0 amide bonds. The number of ether oxygens (including phenoxy) is 5. The zero-order valence-electron chi connectivity index (χ0n) is 17.9. The van der Waals surface area contributed by atoms with Crippen LogP contribution in [0, 0.1) is 0 Å². The van der Waals surface area contributed by atoms with E-state index in [9.17, 15) is 4.79 Å². The van der Waals surface area contributed by atoms with Gasteiger partial charge in [0.25, 0.3) is 0 Å². The molecule has 0 N–H and O–H groups in total. The van der Waals surface area contributed by atoms with Crippen molar-refractivity contribution in [3.8, 4) is 40.1 Å². The van der Waals surface area contributed by atoms with Crippen LogP contribution in [0.2, 0.25) is 0 Å². The molecule has 0 bridgehead atoms. The number of hydrogen-bond donors (Lipinski definition) is 0. The first-order valence-corrected chi connectivity index (χ1v) is 9.83. The Morgan fingerprint density at radius 2 is 1.47 bits per heavy atom. The minimum absolute atomic E-state index is 0.246. The van der Waals surface area contributed by atoms with E-state index in [0.29, 0.717) is 70.9 Å². The average Bonchev–Trinajstić information content (AvgIpc) is 2.74. The molecule has 0 aliphatic rings. The fourth-order valence-corrected chi connectivity index (χ4v) is 3.22. The lowest BCUT2D eigenvalue weighted by Crippen LogP contribution is -2.07. The lowest BCUT2D eigenvalue weighted by atomic mass is 10.1. The third-order valence-electron chi connectivity index (χ3n) is 4.43. The van der Waals surface area contributed by atoms with E-state index in [-0.39, 0.29) is 5.43 Å². The summed E-state index contributed by atoms with van der Waals surface area (Å²) in [5, 5.41) is 0.304. The van der Waals surface area contributed by atoms with Crippen molar-refractivity contribution in [2.24, 2.45) is 0 Å². The van der Waals surface area contributed by atoms with Gasteiger partial charge in [0.2, 0.25) is 5.75 Å². The fraction of sp³-hybridized carbons (Fsp3) is 0.348. The van der Waals surface area contributed by atoms with Crippen LogP contribution in [0.3, 0.4) is 0 Å². The fourth-order valence-electron chi connectivity index (χ4n) is 3.22. The molecule has 0 saturated heterocycles. The minimum atomic E-state index is -0.246. The highest BCUT2D eigenvalue weighted by Crippen LogP contribution is 2.43. The molecule has 0 aliphatic carbocycles. The predicted molar refractivity (Wildman–Crippen MR) is 115 cm³/mol. The molecule has 0 aliphatic heterocycles. The maximum Gasteiger partial charge on any atom is 0.204 e. The van der Waals surface area contributed by atoms with Crippen LogP contribution in [0.4, 0.5) is 0 Å². The smallest absolute Gasteiger partial charge is 0.204 e. The summed E-state index contributed by atoms with van der Waals surface area (Å²) < 4.78 is 33.9. The largest absolute Gasteiger partial charge is 0.493 e. The zero-order valence-corrected chi connectivity index (χ0v) is 17.9. The van der Waals surface area contributed by atoms with Crippen molar-refractivity contribution in [1.82, 2.24) is 0 Å². The molecule has 0 unspecified atom stereocenters. The van der Waals surface area contributed by atoms with Crippen molar-refractivity contribution in [2.75, 3.05) is 34.0 Å². The van der Waals surface area contributed by atoms with Crippen LogP contribution in [-0.4, -0.2) is 34.0 Å². The van der Waals surface area contributed by atoms with Crippen LogP contribution in [0.15, 0.2) is 39.5 Å². The summed E-state index contributed by atoms with van der Waals surface area (Å²) in [6.45, 7) is 6.90. The standard InChI is InChI=1S/C23H26O7/c1-6-27-16-10-9-14(11-18(16)25-4)17-12-15(24)21-19(30-17)13-20(28-7-2)22(26-5)23(21)29-8-3/h9-13H,6-8H2,1-5H3. The second kappa shape index (κ2) is 9.43. The number of fused-ring (bicyclic) bond motifs is 1. The Kier molecular flexibility index (Phi) is 6.72. The zero-order chi connectivity index (χ0) is 21.7. The molecule has 0 fully saturated rings. The molecule has 160 valence electrons. The molecule has 0 saturated carbocycles. The average molecular weight is 414 g/mol. The Morgan fingerprint density at radius 1 is 0.767 bits per heavy atom. The molecule has 7 heteroatoms. The molecule has 3 aromatic rings. The van der Waals surface area contributed by atoms with Crippen LogP contribution < -0.4 is 29.1 Å². The van der Waals surface area contributed by atoms with Crippen molar-refractivity contribution < 1.29 is 28.1 Å². The summed E-state index contributed by atoms with van der Waals surface area (Å²) in [6, 6.07) is 8.45. The number of methoxy groups -OCH3 is 2. The minimum Gasteiger partial charge on any atom is -0.493 e. The molecule has 3 rings (SSSR count). The lowest BCUT2D eigenvalue weighted by molar-refractivity contribution is 0.284. The number of hydrogen-bond acceptors (Lipinski definition) is 7. The maximum atomic E-state index is 13.0. The molecule has 0 spiro atoms. The Morgan fingerprint density at radius 3 is 2.10 bits per heavy atom. The molecule has 2 aromatic carbocycles. The summed E-state index contributed by atoms with van der Waals surface area (Å²) >= 11 is 0. The van der Waals surface area contributed by atoms with E-state index in [0.717, 1.165) is 0 Å². The van der Waals surface area contributed by atoms with Gasteiger partial charge < -0.3 is 28.1 Å². The molecule has 1 aromatic heterocycles. The molecular formula is C23H26O7. The van der Waals surface area contributed by atoms with E-state index in [1.54, 1.807) is 25.3 Å². The van der Waals surface area contributed by atoms with Crippen molar-refractivity contribution >= 4 is 11.0 Å². The maximum absolute atomic E-state index is 13.0. The highest BCUT2D eigenvalue weighted by Gasteiger charge is 2.22. The predicted octanol–water partition coefficient (Wildman–Crippen LogP) is 4.67. The van der Waals surface area contributed by atoms with E-state index in [2.05, 4.69) is 0 Å². The second-order valence-electron chi connectivity index (χ2n) is 6.25. The van der Waals surface area contributed by atoms with Gasteiger partial charge in [0.1, 0.15) is 16.7 Å². The van der Waals surface area contributed by atoms with Gasteiger partial charge in [0.15, 0.2) is 28.4 Å². The number of rotatable bonds is 9. The summed E-state index contributed by atoms with van der Waals surface area (Å²) in [7, 11) is 3.07. The van der Waals surface area contributed by atoms with Crippen molar-refractivity contribution in [2.45, 2.75) is 20.8 Å². The molecule has 0 radical (unpaired) electrons. The lowest BCUT2D eigenvalue weighted by Gasteiger charge is -2.16. The van der Waals surface area contributed by atoms with Crippen LogP contribution in [0.25, 0.3) is 22.3 Å². The normalized spacial score (nSPS) is 10.7. The quantitative estimate of drug-likeness (QED) is 0.503. The second-order valence-corrected chi connectivity index (χ2v) is 6.25. The summed E-state index contributed by atoms with van der Waals surface area (Å²) in [5.41, 5.74) is 0.781. The number of benzene rings is 2. The molecular weight excluding hydrogens is 388 g/mol. The van der Waals surface area contributed by atoms with Gasteiger partial charge in [0, 0.05) is 17.7 Å². The summed E-state index contributed by atoms with van der Waals surface area (Å²) in [4.78, 5) is 13.0. The van der Waals surface area contributed by atoms with Crippen LogP contribution in [-0.2, 0) is 0 Å². The van der Waals surface area contributed by atoms with Crippen molar-refractivity contribution in [3.63, 3.8) is 0 Å². The third-order valence-corrected chi connectivity index (χ3v) is 4.43. The molecule has 30 heavy (non-hydrogen) atoms. The van der Waals surface area contributed by atoms with Crippen LogP contribution >= 0.6 is 0 Å². The molecule has 7 nitrogen and oxygen atoms in total. The van der Waals surface area contributed by atoms with Gasteiger partial charge in [-0.15, -0.1) is 0 Å². The SMILES string of the molecule is CCOc1ccc(-c2cc(=O)c3c(OCC)c(OC)c(OCC)cc3o2)cc1OC. The molecule has 1 heterocycles. The Hall–Kier alpha value is -3.35. The highest BCUT2D eigenvalue weighted by atomic mass is 16.5. The van der Waals surface area contributed by atoms with Gasteiger partial charge in [-0.25, -0.2) is 0 Å². The first-order chi connectivity index (χ1) is 14.6. The summed E-state index contributed by atoms with van der Waals surface area (Å²) in [5.74, 6) is 2.69. The Bertz CT molecular complexity index is 1090. The van der Waals surface area contributed by atoms with E-state index < -0.39 is 0 Å². The van der Waals surface area contributed by atoms with Gasteiger partial charge in [-0.1, -0.05) is 0 Å². The summed E-state index contributed by atoms with van der Waals surface area (Å²) in [6.07, 6.45) is 0. The third kappa shape index (κ3) is 4.01. The van der Waals surface area contributed by atoms with E-state index in [1.165, 1.54) is 13.2 Å². The van der Waals surface area contributed by atoms with E-state index >= 15 is 0 Å². The van der Waals surface area contributed by atoms with Gasteiger partial charge in [-0.3, -0.25) is 4.79 Å². The van der Waals surface area contributed by atoms with Crippen molar-refractivity contribution in [3.05, 3.63) is 40.6 Å². The topological polar surface area (TPSA) is 76.4 Å². The van der Waals surface area contributed by atoms with Gasteiger partial charge in [-0.05, 0) is 39.0 Å².